The summed E-state index contributed by atoms with van der Waals surface area (Å²) in [7, 11) is 0. The van der Waals surface area contributed by atoms with E-state index < -0.39 is 39.0 Å². The van der Waals surface area contributed by atoms with Crippen LogP contribution in [-0.4, -0.2) is 15.8 Å². The summed E-state index contributed by atoms with van der Waals surface area (Å²) in [5.41, 5.74) is -0.880. The van der Waals surface area contributed by atoms with Crippen LogP contribution in [0.25, 0.3) is 0 Å². The van der Waals surface area contributed by atoms with Crippen LogP contribution >= 0.6 is 11.6 Å². The third-order valence-corrected chi connectivity index (χ3v) is 3.67. The first-order valence-corrected chi connectivity index (χ1v) is 7.26. The minimum atomic E-state index is -0.826. The van der Waals surface area contributed by atoms with Gasteiger partial charge in [0.25, 0.3) is 17.3 Å². The molecule has 1 amide bonds. The molecular weight excluding hydrogens is 357 g/mol. The Balaban J connectivity index is 2.29. The Labute approximate surface area is 145 Å². The normalized spacial score (nSPS) is 11.6. The number of benzene rings is 2. The molecule has 25 heavy (non-hydrogen) atoms. The second-order valence-electron chi connectivity index (χ2n) is 5.12. The van der Waals surface area contributed by atoms with Crippen LogP contribution in [0.3, 0.4) is 0 Å². The Morgan fingerprint density at radius 2 is 1.68 bits per heavy atom. The Bertz CT molecular complexity index is 842. The Morgan fingerprint density at radius 3 is 2.16 bits per heavy atom. The molecule has 0 bridgehead atoms. The standard InChI is InChI=1S/C15H11ClFN3O5/c1-8(9-2-3-14(17)13(16)6-9)18-15(21)10-4-11(19(22)23)7-12(5-10)20(24)25/h2-8H,1H3,(H,18,21). The number of nitro groups is 2. The molecule has 2 aromatic carbocycles. The molecule has 10 heteroatoms. The molecule has 0 saturated carbocycles. The van der Waals surface area contributed by atoms with Crippen LogP contribution in [0.5, 0.6) is 0 Å². The van der Waals surface area contributed by atoms with Gasteiger partial charge in [0.15, 0.2) is 0 Å². The molecule has 0 fully saturated rings. The smallest absolute Gasteiger partial charge is 0.277 e. The molecule has 0 spiro atoms. The Morgan fingerprint density at radius 1 is 1.12 bits per heavy atom. The van der Waals surface area contributed by atoms with Gasteiger partial charge < -0.3 is 5.32 Å². The molecule has 130 valence electrons. The average molecular weight is 368 g/mol. The summed E-state index contributed by atoms with van der Waals surface area (Å²) in [6, 6.07) is 5.92. The number of nitro benzene ring substituents is 2. The molecule has 0 heterocycles. The number of amides is 1. The molecule has 0 saturated heterocycles. The number of halogens is 2. The van der Waals surface area contributed by atoms with Crippen LogP contribution in [0.2, 0.25) is 5.02 Å². The highest BCUT2D eigenvalue weighted by Gasteiger charge is 2.21. The number of nitrogens with zero attached hydrogens (tertiary/aromatic N) is 2. The van der Waals surface area contributed by atoms with Gasteiger partial charge in [0.05, 0.1) is 32.5 Å². The summed E-state index contributed by atoms with van der Waals surface area (Å²) in [6.45, 7) is 1.59. The van der Waals surface area contributed by atoms with Crippen molar-refractivity contribution in [2.45, 2.75) is 13.0 Å². The SMILES string of the molecule is CC(NC(=O)c1cc([N+](=O)[O-])cc([N+](=O)[O-])c1)c1ccc(F)c(Cl)c1. The van der Waals surface area contributed by atoms with Crippen molar-refractivity contribution in [1.29, 1.82) is 0 Å². The fourth-order valence-corrected chi connectivity index (χ4v) is 2.27. The number of carbonyl (C=O) groups is 1. The van der Waals surface area contributed by atoms with Crippen LogP contribution in [0.15, 0.2) is 36.4 Å². The van der Waals surface area contributed by atoms with E-state index in [9.17, 15) is 29.4 Å². The zero-order valence-electron chi connectivity index (χ0n) is 12.7. The number of rotatable bonds is 5. The zero-order valence-corrected chi connectivity index (χ0v) is 13.5. The summed E-state index contributed by atoms with van der Waals surface area (Å²) in [5.74, 6) is -1.36. The van der Waals surface area contributed by atoms with E-state index in [4.69, 9.17) is 11.6 Å². The number of carbonyl (C=O) groups excluding carboxylic acids is 1. The molecule has 0 aliphatic carbocycles. The highest BCUT2D eigenvalue weighted by Crippen LogP contribution is 2.24. The first kappa shape index (κ1) is 18.3. The first-order chi connectivity index (χ1) is 11.7. The van der Waals surface area contributed by atoms with Gasteiger partial charge in [0.2, 0.25) is 0 Å². The maximum Gasteiger partial charge on any atom is 0.277 e. The minimum Gasteiger partial charge on any atom is -0.346 e. The average Bonchev–Trinajstić information content (AvgIpc) is 2.56. The summed E-state index contributed by atoms with van der Waals surface area (Å²) in [5, 5.41) is 24.1. The molecule has 1 unspecified atom stereocenters. The maximum atomic E-state index is 13.2. The van der Waals surface area contributed by atoms with Crippen molar-refractivity contribution >= 4 is 28.9 Å². The molecule has 8 nitrogen and oxygen atoms in total. The summed E-state index contributed by atoms with van der Waals surface area (Å²) in [4.78, 5) is 32.3. The molecule has 1 N–H and O–H groups in total. The van der Waals surface area contributed by atoms with Crippen LogP contribution in [0.1, 0.15) is 28.9 Å². The highest BCUT2D eigenvalue weighted by atomic mass is 35.5. The van der Waals surface area contributed by atoms with Crippen molar-refractivity contribution in [3.8, 4) is 0 Å². The van der Waals surface area contributed by atoms with Gasteiger partial charge >= 0.3 is 0 Å². The second kappa shape index (κ2) is 7.22. The molecular formula is C15H11ClFN3O5. The van der Waals surface area contributed by atoms with Crippen molar-refractivity contribution in [3.05, 3.63) is 78.6 Å². The lowest BCUT2D eigenvalue weighted by Crippen LogP contribution is -2.26. The number of non-ortho nitro benzene ring substituents is 2. The molecule has 2 rings (SSSR count). The van der Waals surface area contributed by atoms with Crippen molar-refractivity contribution in [2.24, 2.45) is 0 Å². The molecule has 0 aromatic heterocycles. The van der Waals surface area contributed by atoms with E-state index in [0.717, 1.165) is 24.3 Å². The van der Waals surface area contributed by atoms with Crippen LogP contribution in [0.4, 0.5) is 15.8 Å². The predicted molar refractivity (Wildman–Crippen MR) is 87.0 cm³/mol. The van der Waals surface area contributed by atoms with E-state index >= 15 is 0 Å². The van der Waals surface area contributed by atoms with Crippen LogP contribution < -0.4 is 5.32 Å². The van der Waals surface area contributed by atoms with E-state index in [-0.39, 0.29) is 10.6 Å². The van der Waals surface area contributed by atoms with E-state index in [1.807, 2.05) is 0 Å². The van der Waals surface area contributed by atoms with Gasteiger partial charge in [0.1, 0.15) is 5.82 Å². The topological polar surface area (TPSA) is 115 Å². The monoisotopic (exact) mass is 367 g/mol. The number of hydrogen-bond acceptors (Lipinski definition) is 5. The molecule has 0 aliphatic rings. The maximum absolute atomic E-state index is 13.2. The Kier molecular flexibility index (Phi) is 5.28. The van der Waals surface area contributed by atoms with Crippen molar-refractivity contribution in [3.63, 3.8) is 0 Å². The van der Waals surface area contributed by atoms with Gasteiger partial charge in [-0.3, -0.25) is 25.0 Å². The molecule has 0 radical (unpaired) electrons. The lowest BCUT2D eigenvalue weighted by molar-refractivity contribution is -0.394. The van der Waals surface area contributed by atoms with E-state index in [2.05, 4.69) is 5.32 Å². The number of hydrogen-bond donors (Lipinski definition) is 1. The van der Waals surface area contributed by atoms with Crippen LogP contribution in [-0.2, 0) is 0 Å². The fourth-order valence-electron chi connectivity index (χ4n) is 2.08. The van der Waals surface area contributed by atoms with Gasteiger partial charge in [-0.05, 0) is 24.6 Å². The van der Waals surface area contributed by atoms with E-state index in [1.165, 1.54) is 12.1 Å². The van der Waals surface area contributed by atoms with Crippen LogP contribution in [0, 0.1) is 26.0 Å². The van der Waals surface area contributed by atoms with Gasteiger partial charge in [-0.1, -0.05) is 17.7 Å². The Hall–Kier alpha value is -3.07. The second-order valence-corrected chi connectivity index (χ2v) is 5.53. The van der Waals surface area contributed by atoms with Crippen molar-refractivity contribution in [2.75, 3.05) is 0 Å². The zero-order chi connectivity index (χ0) is 18.7. The van der Waals surface area contributed by atoms with E-state index in [0.29, 0.717) is 5.56 Å². The minimum absolute atomic E-state index is 0.121. The molecule has 0 aliphatic heterocycles. The summed E-state index contributed by atoms with van der Waals surface area (Å²) < 4.78 is 13.2. The van der Waals surface area contributed by atoms with Gasteiger partial charge in [-0.25, -0.2) is 4.39 Å². The van der Waals surface area contributed by atoms with Crippen molar-refractivity contribution < 1.29 is 19.0 Å². The highest BCUT2D eigenvalue weighted by molar-refractivity contribution is 6.30. The third kappa shape index (κ3) is 4.27. The fraction of sp³-hybridized carbons (Fsp3) is 0.133. The largest absolute Gasteiger partial charge is 0.346 e. The van der Waals surface area contributed by atoms with Gasteiger partial charge in [-0.15, -0.1) is 0 Å². The summed E-state index contributed by atoms with van der Waals surface area (Å²) in [6.07, 6.45) is 0. The van der Waals surface area contributed by atoms with Gasteiger partial charge in [-0.2, -0.15) is 0 Å². The summed E-state index contributed by atoms with van der Waals surface area (Å²) >= 11 is 5.69. The quantitative estimate of drug-likeness (QED) is 0.637. The predicted octanol–water partition coefficient (Wildman–Crippen LogP) is 3.79. The lowest BCUT2D eigenvalue weighted by atomic mass is 10.1. The van der Waals surface area contributed by atoms with E-state index in [1.54, 1.807) is 6.92 Å². The lowest BCUT2D eigenvalue weighted by Gasteiger charge is -2.15. The first-order valence-electron chi connectivity index (χ1n) is 6.88. The third-order valence-electron chi connectivity index (χ3n) is 3.38. The van der Waals surface area contributed by atoms with Crippen molar-refractivity contribution in [1.82, 2.24) is 5.32 Å². The molecule has 1 atom stereocenters. The molecule has 2 aromatic rings. The number of nitrogens with one attached hydrogen (secondary N) is 1. The van der Waals surface area contributed by atoms with Gasteiger partial charge in [0, 0.05) is 12.1 Å².